The Morgan fingerprint density at radius 1 is 1.14 bits per heavy atom. The molecule has 182 valence electrons. The van der Waals surface area contributed by atoms with Crippen LogP contribution in [0.5, 0.6) is 0 Å². The third-order valence-corrected chi connectivity index (χ3v) is 6.43. The van der Waals surface area contributed by atoms with E-state index < -0.39 is 34.5 Å². The zero-order chi connectivity index (χ0) is 25.2. The number of alkyl halides is 3. The Morgan fingerprint density at radius 3 is 2.60 bits per heavy atom. The van der Waals surface area contributed by atoms with Crippen LogP contribution in [0.25, 0.3) is 10.6 Å². The number of nitrogens with one attached hydrogen (secondary N) is 1. The second kappa shape index (κ2) is 9.91. The Labute approximate surface area is 203 Å². The van der Waals surface area contributed by atoms with Crippen molar-refractivity contribution >= 4 is 22.9 Å². The van der Waals surface area contributed by atoms with Crippen LogP contribution in [-0.2, 0) is 12.7 Å². The van der Waals surface area contributed by atoms with Gasteiger partial charge in [0, 0.05) is 18.3 Å². The number of nitrogens with zero attached hydrogens (tertiary/aromatic N) is 2. The Bertz CT molecular complexity index is 1320. The smallest absolute Gasteiger partial charge is 0.435 e. The zero-order valence-corrected chi connectivity index (χ0v) is 19.6. The van der Waals surface area contributed by atoms with Gasteiger partial charge in [-0.15, -0.1) is 11.3 Å². The minimum atomic E-state index is -4.87. The van der Waals surface area contributed by atoms with Crippen molar-refractivity contribution in [3.8, 4) is 10.6 Å². The van der Waals surface area contributed by atoms with E-state index in [1.807, 2.05) is 30.1 Å². The average molecular weight is 504 g/mol. The number of amides is 1. The van der Waals surface area contributed by atoms with E-state index in [9.17, 15) is 22.4 Å². The number of aromatic nitrogens is 1. The van der Waals surface area contributed by atoms with E-state index in [4.69, 9.17) is 4.42 Å². The van der Waals surface area contributed by atoms with Crippen LogP contribution in [0.4, 0.5) is 23.2 Å². The standard InChI is InChI=1S/C25H21F4N3O2S/c1-15(16-7-5-8-17(13-16)32(2)14-18-9-6-12-34-18)30-23(33)21-22(25(27,28)29)31-24(35-21)19-10-3-4-11-20(19)26/h3-13,15H,14H2,1-2H3,(H,30,33). The van der Waals surface area contributed by atoms with Gasteiger partial charge in [-0.3, -0.25) is 4.79 Å². The summed E-state index contributed by atoms with van der Waals surface area (Å²) >= 11 is 0.507. The molecular formula is C25H21F4N3O2S. The van der Waals surface area contributed by atoms with E-state index in [2.05, 4.69) is 10.3 Å². The van der Waals surface area contributed by atoms with E-state index in [1.165, 1.54) is 18.2 Å². The molecule has 2 aromatic heterocycles. The molecule has 0 spiro atoms. The highest BCUT2D eigenvalue weighted by molar-refractivity contribution is 7.17. The van der Waals surface area contributed by atoms with Crippen LogP contribution >= 0.6 is 11.3 Å². The molecule has 1 unspecified atom stereocenters. The van der Waals surface area contributed by atoms with Gasteiger partial charge in [-0.05, 0) is 48.9 Å². The molecule has 10 heteroatoms. The lowest BCUT2D eigenvalue weighted by atomic mass is 10.1. The maximum atomic E-state index is 14.1. The summed E-state index contributed by atoms with van der Waals surface area (Å²) in [4.78, 5) is 17.8. The highest BCUT2D eigenvalue weighted by Crippen LogP contribution is 2.38. The molecule has 0 aliphatic carbocycles. The number of anilines is 1. The lowest BCUT2D eigenvalue weighted by molar-refractivity contribution is -0.141. The maximum Gasteiger partial charge on any atom is 0.435 e. The molecule has 0 saturated carbocycles. The first-order chi connectivity index (χ1) is 16.6. The van der Waals surface area contributed by atoms with Gasteiger partial charge in [0.1, 0.15) is 21.5 Å². The minimum absolute atomic E-state index is 0.0950. The molecule has 35 heavy (non-hydrogen) atoms. The second-order valence-corrected chi connectivity index (χ2v) is 8.90. The number of thiazole rings is 1. The molecule has 0 fully saturated rings. The van der Waals surface area contributed by atoms with E-state index in [0.29, 0.717) is 23.4 Å². The number of carbonyl (C=O) groups is 1. The Balaban J connectivity index is 1.56. The second-order valence-electron chi connectivity index (χ2n) is 7.90. The van der Waals surface area contributed by atoms with Crippen molar-refractivity contribution in [1.29, 1.82) is 0 Å². The quantitative estimate of drug-likeness (QED) is 0.286. The molecule has 0 aliphatic heterocycles. The van der Waals surface area contributed by atoms with Crippen LogP contribution in [0.15, 0.2) is 71.3 Å². The fraction of sp³-hybridized carbons (Fsp3) is 0.200. The van der Waals surface area contributed by atoms with Crippen LogP contribution < -0.4 is 10.2 Å². The number of rotatable bonds is 7. The van der Waals surface area contributed by atoms with Gasteiger partial charge in [0.2, 0.25) is 0 Å². The van der Waals surface area contributed by atoms with Crippen molar-refractivity contribution in [3.63, 3.8) is 0 Å². The predicted octanol–water partition coefficient (Wildman–Crippen LogP) is 6.69. The maximum absolute atomic E-state index is 14.1. The monoisotopic (exact) mass is 503 g/mol. The number of furan rings is 1. The summed E-state index contributed by atoms with van der Waals surface area (Å²) in [6.07, 6.45) is -3.28. The first-order valence-electron chi connectivity index (χ1n) is 10.6. The van der Waals surface area contributed by atoms with Crippen molar-refractivity contribution in [2.24, 2.45) is 0 Å². The van der Waals surface area contributed by atoms with Gasteiger partial charge >= 0.3 is 6.18 Å². The van der Waals surface area contributed by atoms with Crippen molar-refractivity contribution in [1.82, 2.24) is 10.3 Å². The fourth-order valence-electron chi connectivity index (χ4n) is 3.52. The largest absolute Gasteiger partial charge is 0.467 e. The van der Waals surface area contributed by atoms with Gasteiger partial charge in [0.15, 0.2) is 5.69 Å². The lowest BCUT2D eigenvalue weighted by Gasteiger charge is -2.21. The molecule has 2 heterocycles. The highest BCUT2D eigenvalue weighted by Gasteiger charge is 2.40. The summed E-state index contributed by atoms with van der Waals surface area (Å²) in [6, 6.07) is 15.7. The SMILES string of the molecule is CC(NC(=O)c1sc(-c2ccccc2F)nc1C(F)(F)F)c1cccc(N(C)Cc2ccco2)c1. The molecule has 4 aromatic rings. The zero-order valence-electron chi connectivity index (χ0n) is 18.8. The number of halogens is 4. The van der Waals surface area contributed by atoms with Crippen LogP contribution in [0.2, 0.25) is 0 Å². The van der Waals surface area contributed by atoms with Crippen LogP contribution in [0.3, 0.4) is 0 Å². The molecule has 0 bridgehead atoms. The Kier molecular flexibility index (Phi) is 6.93. The predicted molar refractivity (Wildman–Crippen MR) is 126 cm³/mol. The Hall–Kier alpha value is -3.66. The summed E-state index contributed by atoms with van der Waals surface area (Å²) in [5.41, 5.74) is 0.116. The molecule has 0 radical (unpaired) electrons. The van der Waals surface area contributed by atoms with Gasteiger partial charge < -0.3 is 14.6 Å². The van der Waals surface area contributed by atoms with Crippen LogP contribution in [0, 0.1) is 5.82 Å². The number of carbonyl (C=O) groups excluding carboxylic acids is 1. The summed E-state index contributed by atoms with van der Waals surface area (Å²) < 4.78 is 60.5. The average Bonchev–Trinajstić information content (AvgIpc) is 3.49. The van der Waals surface area contributed by atoms with Crippen molar-refractivity contribution in [2.75, 3.05) is 11.9 Å². The van der Waals surface area contributed by atoms with Gasteiger partial charge in [0.25, 0.3) is 5.91 Å². The first kappa shape index (κ1) is 24.5. The minimum Gasteiger partial charge on any atom is -0.467 e. The summed E-state index contributed by atoms with van der Waals surface area (Å²) in [5.74, 6) is -0.875. The summed E-state index contributed by atoms with van der Waals surface area (Å²) in [5, 5.41) is 2.40. The van der Waals surface area contributed by atoms with Crippen molar-refractivity contribution in [3.05, 3.63) is 94.6 Å². The third kappa shape index (κ3) is 5.54. The van der Waals surface area contributed by atoms with E-state index in [-0.39, 0.29) is 10.6 Å². The highest BCUT2D eigenvalue weighted by atomic mass is 32.1. The Morgan fingerprint density at radius 2 is 1.91 bits per heavy atom. The number of hydrogen-bond donors (Lipinski definition) is 1. The molecule has 0 aliphatic rings. The lowest BCUT2D eigenvalue weighted by Crippen LogP contribution is -2.28. The van der Waals surface area contributed by atoms with Gasteiger partial charge in [-0.25, -0.2) is 9.37 Å². The normalized spacial score (nSPS) is 12.4. The summed E-state index contributed by atoms with van der Waals surface area (Å²) in [7, 11) is 1.88. The molecule has 1 amide bonds. The third-order valence-electron chi connectivity index (χ3n) is 5.34. The van der Waals surface area contributed by atoms with Gasteiger partial charge in [-0.2, -0.15) is 13.2 Å². The molecule has 4 rings (SSSR count). The fourth-order valence-corrected chi connectivity index (χ4v) is 4.54. The molecule has 1 atom stereocenters. The summed E-state index contributed by atoms with van der Waals surface area (Å²) in [6.45, 7) is 2.20. The number of benzene rings is 2. The van der Waals surface area contributed by atoms with Gasteiger partial charge in [-0.1, -0.05) is 24.3 Å². The molecule has 2 aromatic carbocycles. The van der Waals surface area contributed by atoms with Crippen molar-refractivity contribution in [2.45, 2.75) is 25.7 Å². The van der Waals surface area contributed by atoms with E-state index in [1.54, 1.807) is 31.4 Å². The van der Waals surface area contributed by atoms with Crippen LogP contribution in [-0.4, -0.2) is 17.9 Å². The number of hydrogen-bond acceptors (Lipinski definition) is 5. The molecular weight excluding hydrogens is 482 g/mol. The van der Waals surface area contributed by atoms with E-state index >= 15 is 0 Å². The van der Waals surface area contributed by atoms with Gasteiger partial charge in [0.05, 0.1) is 18.8 Å². The van der Waals surface area contributed by atoms with Crippen LogP contribution in [0.1, 0.15) is 39.7 Å². The molecule has 1 N–H and O–H groups in total. The molecule has 0 saturated heterocycles. The molecule has 5 nitrogen and oxygen atoms in total. The van der Waals surface area contributed by atoms with Crippen molar-refractivity contribution < 1.29 is 26.8 Å². The first-order valence-corrected chi connectivity index (χ1v) is 11.4. The van der Waals surface area contributed by atoms with E-state index in [0.717, 1.165) is 17.5 Å². The topological polar surface area (TPSA) is 58.4 Å².